The molecule has 0 aliphatic carbocycles. The van der Waals surface area contributed by atoms with Crippen LogP contribution < -0.4 is 0 Å². The van der Waals surface area contributed by atoms with Crippen LogP contribution in [0, 0.1) is 6.92 Å². The van der Waals surface area contributed by atoms with E-state index in [1.807, 2.05) is 56.6 Å². The summed E-state index contributed by atoms with van der Waals surface area (Å²) in [6, 6.07) is 15.1. The second-order valence-corrected chi connectivity index (χ2v) is 7.04. The number of carbonyl (C=O) groups excluding carboxylic acids is 1. The van der Waals surface area contributed by atoms with E-state index in [9.17, 15) is 4.79 Å². The maximum absolute atomic E-state index is 12.7. The quantitative estimate of drug-likeness (QED) is 0.522. The van der Waals surface area contributed by atoms with Crippen molar-refractivity contribution in [2.45, 2.75) is 13.5 Å². The van der Waals surface area contributed by atoms with Gasteiger partial charge >= 0.3 is 0 Å². The minimum absolute atomic E-state index is 0.0636. The molecule has 0 saturated carbocycles. The number of nitrogens with zero attached hydrogens (tertiary/aromatic N) is 5. The van der Waals surface area contributed by atoms with Gasteiger partial charge in [0, 0.05) is 49.1 Å². The van der Waals surface area contributed by atoms with Crippen LogP contribution in [0.25, 0.3) is 22.9 Å². The lowest BCUT2D eigenvalue weighted by Crippen LogP contribution is -2.25. The van der Waals surface area contributed by atoms with Crippen LogP contribution in [0.4, 0.5) is 0 Å². The fourth-order valence-corrected chi connectivity index (χ4v) is 3.03. The van der Waals surface area contributed by atoms with Gasteiger partial charge in [-0.25, -0.2) is 0 Å². The zero-order chi connectivity index (χ0) is 20.4. The highest BCUT2D eigenvalue weighted by molar-refractivity contribution is 5.94. The fraction of sp³-hybridized carbons (Fsp3) is 0.182. The molecular weight excluding hydrogens is 366 g/mol. The van der Waals surface area contributed by atoms with Gasteiger partial charge in [-0.3, -0.25) is 9.48 Å². The molecule has 7 heteroatoms. The van der Waals surface area contributed by atoms with Gasteiger partial charge in [-0.05, 0) is 43.3 Å². The molecule has 0 unspecified atom stereocenters. The first-order chi connectivity index (χ1) is 14.0. The van der Waals surface area contributed by atoms with Gasteiger partial charge in [-0.1, -0.05) is 17.7 Å². The molecule has 0 aliphatic heterocycles. The fourth-order valence-electron chi connectivity index (χ4n) is 3.03. The molecule has 0 atom stereocenters. The van der Waals surface area contributed by atoms with Crippen molar-refractivity contribution < 1.29 is 9.21 Å². The standard InChI is InChI=1S/C22H21N5O2/c1-15-4-6-17(7-5-15)20-24-25-21(29-20)18-8-10-19(11-9-18)22(28)26(2)13-16-12-23-27(3)14-16/h4-12,14H,13H2,1-3H3. The van der Waals surface area contributed by atoms with Gasteiger partial charge in [-0.15, -0.1) is 10.2 Å². The summed E-state index contributed by atoms with van der Waals surface area (Å²) in [5.74, 6) is 0.825. The average Bonchev–Trinajstić information content (AvgIpc) is 3.37. The smallest absolute Gasteiger partial charge is 0.253 e. The molecule has 146 valence electrons. The van der Waals surface area contributed by atoms with Crippen molar-refractivity contribution >= 4 is 5.91 Å². The first-order valence-corrected chi connectivity index (χ1v) is 9.23. The van der Waals surface area contributed by atoms with E-state index in [1.165, 1.54) is 5.56 Å². The Morgan fingerprint density at radius 2 is 1.59 bits per heavy atom. The second-order valence-electron chi connectivity index (χ2n) is 7.04. The molecule has 2 aromatic heterocycles. The summed E-state index contributed by atoms with van der Waals surface area (Å²) in [5, 5.41) is 12.4. The average molecular weight is 387 g/mol. The van der Waals surface area contributed by atoms with E-state index in [1.54, 1.807) is 35.0 Å². The maximum atomic E-state index is 12.7. The van der Waals surface area contributed by atoms with Gasteiger partial charge in [0.15, 0.2) is 0 Å². The van der Waals surface area contributed by atoms with Crippen molar-refractivity contribution in [3.05, 3.63) is 77.6 Å². The zero-order valence-corrected chi connectivity index (χ0v) is 16.5. The van der Waals surface area contributed by atoms with E-state index in [2.05, 4.69) is 15.3 Å². The van der Waals surface area contributed by atoms with Crippen molar-refractivity contribution in [3.8, 4) is 22.9 Å². The molecule has 0 bridgehead atoms. The number of carbonyl (C=O) groups is 1. The van der Waals surface area contributed by atoms with Gasteiger partial charge in [0.25, 0.3) is 5.91 Å². The van der Waals surface area contributed by atoms with E-state index in [-0.39, 0.29) is 5.91 Å². The lowest BCUT2D eigenvalue weighted by molar-refractivity contribution is 0.0785. The molecule has 0 fully saturated rings. The molecule has 1 amide bonds. The first kappa shape index (κ1) is 18.6. The number of hydrogen-bond acceptors (Lipinski definition) is 5. The van der Waals surface area contributed by atoms with Crippen molar-refractivity contribution in [2.24, 2.45) is 7.05 Å². The minimum atomic E-state index is -0.0636. The first-order valence-electron chi connectivity index (χ1n) is 9.23. The van der Waals surface area contributed by atoms with Gasteiger partial charge in [-0.2, -0.15) is 5.10 Å². The SMILES string of the molecule is Cc1ccc(-c2nnc(-c3ccc(C(=O)N(C)Cc4cnn(C)c4)cc3)o2)cc1. The molecule has 4 rings (SSSR count). The second kappa shape index (κ2) is 7.71. The summed E-state index contributed by atoms with van der Waals surface area (Å²) in [6.45, 7) is 2.53. The molecule has 29 heavy (non-hydrogen) atoms. The van der Waals surface area contributed by atoms with Gasteiger partial charge in [0.2, 0.25) is 11.8 Å². The third-order valence-corrected chi connectivity index (χ3v) is 4.63. The predicted molar refractivity (Wildman–Crippen MR) is 109 cm³/mol. The van der Waals surface area contributed by atoms with Gasteiger partial charge in [0.05, 0.1) is 6.20 Å². The zero-order valence-electron chi connectivity index (χ0n) is 16.5. The highest BCUT2D eigenvalue weighted by Crippen LogP contribution is 2.24. The Kier molecular flexibility index (Phi) is 4.95. The largest absolute Gasteiger partial charge is 0.416 e. The van der Waals surface area contributed by atoms with Gasteiger partial charge < -0.3 is 9.32 Å². The van der Waals surface area contributed by atoms with Crippen molar-refractivity contribution in [3.63, 3.8) is 0 Å². The maximum Gasteiger partial charge on any atom is 0.253 e. The summed E-state index contributed by atoms with van der Waals surface area (Å²) in [7, 11) is 3.63. The summed E-state index contributed by atoms with van der Waals surface area (Å²) in [5.41, 5.74) is 4.38. The number of aromatic nitrogens is 4. The van der Waals surface area contributed by atoms with E-state index < -0.39 is 0 Å². The number of hydrogen-bond donors (Lipinski definition) is 0. The molecule has 7 nitrogen and oxygen atoms in total. The van der Waals surface area contributed by atoms with Crippen LogP contribution in [0.3, 0.4) is 0 Å². The Morgan fingerprint density at radius 3 is 2.14 bits per heavy atom. The Morgan fingerprint density at radius 1 is 1.00 bits per heavy atom. The van der Waals surface area contributed by atoms with Crippen molar-refractivity contribution in [1.29, 1.82) is 0 Å². The topological polar surface area (TPSA) is 77.1 Å². The monoisotopic (exact) mass is 387 g/mol. The van der Waals surface area contributed by atoms with Crippen LogP contribution in [0.15, 0.2) is 65.3 Å². The normalized spacial score (nSPS) is 10.9. The Bertz CT molecular complexity index is 1130. The van der Waals surface area contributed by atoms with E-state index in [0.29, 0.717) is 23.9 Å². The van der Waals surface area contributed by atoms with Gasteiger partial charge in [0.1, 0.15) is 0 Å². The summed E-state index contributed by atoms with van der Waals surface area (Å²) >= 11 is 0. The minimum Gasteiger partial charge on any atom is -0.416 e. The number of benzene rings is 2. The molecule has 0 spiro atoms. The van der Waals surface area contributed by atoms with E-state index in [4.69, 9.17) is 4.42 Å². The Hall–Kier alpha value is -3.74. The van der Waals surface area contributed by atoms with Crippen LogP contribution in [0.1, 0.15) is 21.5 Å². The lowest BCUT2D eigenvalue weighted by atomic mass is 10.1. The molecule has 0 saturated heterocycles. The van der Waals surface area contributed by atoms with Crippen LogP contribution in [-0.2, 0) is 13.6 Å². The number of aryl methyl sites for hydroxylation is 2. The third-order valence-electron chi connectivity index (χ3n) is 4.63. The van der Waals surface area contributed by atoms with Crippen LogP contribution in [-0.4, -0.2) is 37.8 Å². The van der Waals surface area contributed by atoms with E-state index in [0.717, 1.165) is 16.7 Å². The predicted octanol–water partition coefficient (Wildman–Crippen LogP) is 3.72. The highest BCUT2D eigenvalue weighted by atomic mass is 16.4. The van der Waals surface area contributed by atoms with Crippen LogP contribution in [0.2, 0.25) is 0 Å². The molecule has 0 aliphatic rings. The summed E-state index contributed by atoms with van der Waals surface area (Å²) in [4.78, 5) is 14.3. The van der Waals surface area contributed by atoms with Crippen molar-refractivity contribution in [2.75, 3.05) is 7.05 Å². The molecule has 2 heterocycles. The lowest BCUT2D eigenvalue weighted by Gasteiger charge is -2.16. The van der Waals surface area contributed by atoms with Crippen LogP contribution >= 0.6 is 0 Å². The van der Waals surface area contributed by atoms with Crippen LogP contribution in [0.5, 0.6) is 0 Å². The highest BCUT2D eigenvalue weighted by Gasteiger charge is 2.15. The van der Waals surface area contributed by atoms with Crippen molar-refractivity contribution in [1.82, 2.24) is 24.9 Å². The van der Waals surface area contributed by atoms with E-state index >= 15 is 0 Å². The summed E-state index contributed by atoms with van der Waals surface area (Å²) < 4.78 is 7.52. The summed E-state index contributed by atoms with van der Waals surface area (Å²) in [6.07, 6.45) is 3.65. The Labute approximate surface area is 168 Å². The molecule has 0 N–H and O–H groups in total. The molecule has 0 radical (unpaired) electrons. The molecular formula is C22H21N5O2. The molecule has 4 aromatic rings. The molecule has 2 aromatic carbocycles. The Balaban J connectivity index is 1.47. The third kappa shape index (κ3) is 4.08. The number of rotatable bonds is 5. The number of amides is 1.